The Hall–Kier alpha value is -3.23. The molecule has 2 unspecified atom stereocenters. The van der Waals surface area contributed by atoms with Gasteiger partial charge in [-0.15, -0.1) is 0 Å². The molecule has 0 bridgehead atoms. The van der Waals surface area contributed by atoms with Gasteiger partial charge in [-0.25, -0.2) is 4.79 Å². The standard InChI is InChI=1S/C26H30ClN3O5/c1-6-35-24-23(33)30(25(34)29(24)15-17-10-8-7-9-11-17)28-22(32)20(21(31)26(3,4)5)18-14-16(2)12-13-19(18)27/h7-14,20,24H,6,15H2,1-5H3,(H,28,32). The van der Waals surface area contributed by atoms with Gasteiger partial charge in [-0.1, -0.05) is 80.4 Å². The van der Waals surface area contributed by atoms with Crippen molar-refractivity contribution in [1.29, 1.82) is 0 Å². The fraction of sp³-hybridized carbons (Fsp3) is 0.385. The number of ether oxygens (including phenoxy) is 1. The lowest BCUT2D eigenvalue weighted by Gasteiger charge is -2.26. The molecule has 1 N–H and O–H groups in total. The van der Waals surface area contributed by atoms with Gasteiger partial charge in [0.25, 0.3) is 11.8 Å². The van der Waals surface area contributed by atoms with E-state index in [1.54, 1.807) is 45.9 Å². The predicted molar refractivity (Wildman–Crippen MR) is 131 cm³/mol. The van der Waals surface area contributed by atoms with E-state index in [9.17, 15) is 19.2 Å². The van der Waals surface area contributed by atoms with Crippen LogP contribution in [0.25, 0.3) is 0 Å². The molecule has 35 heavy (non-hydrogen) atoms. The SMILES string of the molecule is CCOC1C(=O)N(NC(=O)C(C(=O)C(C)(C)C)c2cc(C)ccc2Cl)C(=O)N1Cc1ccccc1. The first kappa shape index (κ1) is 26.4. The van der Waals surface area contributed by atoms with Crippen LogP contribution in [0.1, 0.15) is 50.3 Å². The molecule has 9 heteroatoms. The molecule has 186 valence electrons. The number of carbonyl (C=O) groups is 4. The van der Waals surface area contributed by atoms with Crippen LogP contribution >= 0.6 is 11.6 Å². The van der Waals surface area contributed by atoms with E-state index < -0.39 is 41.2 Å². The monoisotopic (exact) mass is 499 g/mol. The first-order valence-corrected chi connectivity index (χ1v) is 11.7. The highest BCUT2D eigenvalue weighted by Crippen LogP contribution is 2.33. The summed E-state index contributed by atoms with van der Waals surface area (Å²) in [7, 11) is 0. The van der Waals surface area contributed by atoms with Crippen molar-refractivity contribution in [1.82, 2.24) is 15.3 Å². The Kier molecular flexibility index (Phi) is 7.97. The van der Waals surface area contributed by atoms with E-state index in [4.69, 9.17) is 16.3 Å². The molecule has 2 atom stereocenters. The quantitative estimate of drug-likeness (QED) is 0.433. The molecule has 1 fully saturated rings. The van der Waals surface area contributed by atoms with Crippen molar-refractivity contribution in [2.75, 3.05) is 6.61 Å². The van der Waals surface area contributed by atoms with Gasteiger partial charge in [-0.3, -0.25) is 24.7 Å². The molecule has 1 heterocycles. The number of halogens is 1. The maximum atomic E-state index is 13.5. The average molecular weight is 500 g/mol. The molecule has 1 saturated heterocycles. The third-order valence-electron chi connectivity index (χ3n) is 5.62. The Morgan fingerprint density at radius 2 is 1.77 bits per heavy atom. The van der Waals surface area contributed by atoms with Gasteiger partial charge in [-0.2, -0.15) is 5.01 Å². The third-order valence-corrected chi connectivity index (χ3v) is 5.96. The number of Topliss-reactive ketones (excluding diaryl/α,β-unsaturated/α-hetero) is 1. The minimum Gasteiger partial charge on any atom is -0.350 e. The van der Waals surface area contributed by atoms with Crippen molar-refractivity contribution in [3.05, 3.63) is 70.2 Å². The zero-order valence-corrected chi connectivity index (χ0v) is 21.3. The lowest BCUT2D eigenvalue weighted by molar-refractivity contribution is -0.148. The lowest BCUT2D eigenvalue weighted by atomic mass is 9.79. The number of urea groups is 1. The number of ketones is 1. The highest BCUT2D eigenvalue weighted by molar-refractivity contribution is 6.32. The van der Waals surface area contributed by atoms with Gasteiger partial charge < -0.3 is 4.74 Å². The van der Waals surface area contributed by atoms with E-state index in [1.807, 2.05) is 37.3 Å². The maximum Gasteiger partial charge on any atom is 0.348 e. The summed E-state index contributed by atoms with van der Waals surface area (Å²) < 4.78 is 5.54. The summed E-state index contributed by atoms with van der Waals surface area (Å²) in [5, 5.41) is 0.864. The Morgan fingerprint density at radius 3 is 2.37 bits per heavy atom. The first-order chi connectivity index (χ1) is 16.5. The van der Waals surface area contributed by atoms with Gasteiger partial charge in [0.05, 0.1) is 6.54 Å². The smallest absolute Gasteiger partial charge is 0.348 e. The molecule has 1 aliphatic rings. The summed E-state index contributed by atoms with van der Waals surface area (Å²) in [6, 6.07) is 13.4. The van der Waals surface area contributed by atoms with Gasteiger partial charge in [0.1, 0.15) is 5.92 Å². The van der Waals surface area contributed by atoms with Gasteiger partial charge in [0, 0.05) is 17.0 Å². The summed E-state index contributed by atoms with van der Waals surface area (Å²) in [6.45, 7) is 8.89. The number of imide groups is 1. The lowest BCUT2D eigenvalue weighted by Crippen LogP contribution is -2.50. The molecule has 1 aliphatic heterocycles. The summed E-state index contributed by atoms with van der Waals surface area (Å²) in [4.78, 5) is 54.4. The summed E-state index contributed by atoms with van der Waals surface area (Å²) >= 11 is 6.37. The fourth-order valence-corrected chi connectivity index (χ4v) is 4.04. The topological polar surface area (TPSA) is 96.0 Å². The molecule has 0 spiro atoms. The van der Waals surface area contributed by atoms with Crippen LogP contribution in [0.15, 0.2) is 48.5 Å². The number of rotatable bonds is 8. The Morgan fingerprint density at radius 1 is 1.11 bits per heavy atom. The van der Waals surface area contributed by atoms with E-state index in [2.05, 4.69) is 5.43 Å². The van der Waals surface area contributed by atoms with Crippen LogP contribution in [0.5, 0.6) is 0 Å². The van der Waals surface area contributed by atoms with Crippen molar-refractivity contribution in [3.8, 4) is 0 Å². The normalized spacial score (nSPS) is 17.0. The number of nitrogens with zero attached hydrogens (tertiary/aromatic N) is 2. The number of hydrogen-bond donors (Lipinski definition) is 1. The van der Waals surface area contributed by atoms with Gasteiger partial charge in [-0.05, 0) is 31.0 Å². The molecule has 2 aromatic carbocycles. The molecule has 8 nitrogen and oxygen atoms in total. The summed E-state index contributed by atoms with van der Waals surface area (Å²) in [5.41, 5.74) is 3.40. The molecule has 0 aliphatic carbocycles. The number of carbonyl (C=O) groups excluding carboxylic acids is 4. The van der Waals surface area contributed by atoms with Gasteiger partial charge in [0.15, 0.2) is 5.78 Å². The Bertz CT molecular complexity index is 1130. The van der Waals surface area contributed by atoms with E-state index >= 15 is 0 Å². The highest BCUT2D eigenvalue weighted by Gasteiger charge is 2.48. The van der Waals surface area contributed by atoms with Crippen LogP contribution < -0.4 is 5.43 Å². The predicted octanol–water partition coefficient (Wildman–Crippen LogP) is 4.21. The minimum absolute atomic E-state index is 0.108. The molecule has 0 aromatic heterocycles. The van der Waals surface area contributed by atoms with Crippen molar-refractivity contribution in [3.63, 3.8) is 0 Å². The Balaban J connectivity index is 1.93. The van der Waals surface area contributed by atoms with E-state index in [0.717, 1.165) is 11.1 Å². The van der Waals surface area contributed by atoms with Crippen molar-refractivity contribution >= 4 is 35.2 Å². The molecule has 0 saturated carbocycles. The second-order valence-corrected chi connectivity index (χ2v) is 9.83. The zero-order chi connectivity index (χ0) is 25.9. The van der Waals surface area contributed by atoms with E-state index in [-0.39, 0.29) is 18.2 Å². The van der Waals surface area contributed by atoms with Crippen molar-refractivity contribution in [2.24, 2.45) is 5.41 Å². The second-order valence-electron chi connectivity index (χ2n) is 9.43. The maximum absolute atomic E-state index is 13.5. The highest BCUT2D eigenvalue weighted by atomic mass is 35.5. The number of nitrogens with one attached hydrogen (secondary N) is 1. The van der Waals surface area contributed by atoms with E-state index in [1.165, 1.54) is 4.90 Å². The molecular formula is C26H30ClN3O5. The largest absolute Gasteiger partial charge is 0.350 e. The number of amides is 4. The fourth-order valence-electron chi connectivity index (χ4n) is 3.81. The van der Waals surface area contributed by atoms with Crippen molar-refractivity contribution in [2.45, 2.75) is 53.3 Å². The van der Waals surface area contributed by atoms with Crippen LogP contribution in [-0.2, 0) is 25.7 Å². The van der Waals surface area contributed by atoms with Crippen LogP contribution in [0.3, 0.4) is 0 Å². The van der Waals surface area contributed by atoms with Gasteiger partial charge >= 0.3 is 6.03 Å². The first-order valence-electron chi connectivity index (χ1n) is 11.4. The number of aryl methyl sites for hydroxylation is 1. The summed E-state index contributed by atoms with van der Waals surface area (Å²) in [6.07, 6.45) is -1.20. The van der Waals surface area contributed by atoms with Crippen LogP contribution in [0.4, 0.5) is 4.79 Å². The number of hydrazine groups is 1. The number of hydrogen-bond acceptors (Lipinski definition) is 5. The van der Waals surface area contributed by atoms with Crippen LogP contribution in [0, 0.1) is 12.3 Å². The van der Waals surface area contributed by atoms with Crippen LogP contribution in [-0.4, -0.2) is 46.4 Å². The Labute approximate surface area is 210 Å². The third kappa shape index (κ3) is 5.71. The molecule has 3 rings (SSSR count). The summed E-state index contributed by atoms with van der Waals surface area (Å²) in [5.74, 6) is -3.28. The van der Waals surface area contributed by atoms with Crippen molar-refractivity contribution < 1.29 is 23.9 Å². The average Bonchev–Trinajstić information content (AvgIpc) is 3.01. The second kappa shape index (κ2) is 10.6. The molecular weight excluding hydrogens is 470 g/mol. The minimum atomic E-state index is -1.32. The van der Waals surface area contributed by atoms with Gasteiger partial charge in [0.2, 0.25) is 6.23 Å². The molecule has 0 radical (unpaired) electrons. The van der Waals surface area contributed by atoms with Crippen LogP contribution in [0.2, 0.25) is 5.02 Å². The zero-order valence-electron chi connectivity index (χ0n) is 20.5. The molecule has 4 amide bonds. The number of benzene rings is 2. The molecule has 2 aromatic rings. The van der Waals surface area contributed by atoms with E-state index in [0.29, 0.717) is 10.6 Å².